The number of hydrogen-bond acceptors (Lipinski definition) is 4. The summed E-state index contributed by atoms with van der Waals surface area (Å²) in [7, 11) is 1.89. The largest absolute Gasteiger partial charge is 0.399 e. The van der Waals surface area contributed by atoms with Crippen molar-refractivity contribution in [1.82, 2.24) is 4.98 Å². The minimum absolute atomic E-state index is 0.462. The van der Waals surface area contributed by atoms with Crippen LogP contribution in [0.25, 0.3) is 0 Å². The van der Waals surface area contributed by atoms with Crippen molar-refractivity contribution in [2.24, 2.45) is 5.73 Å². The second-order valence-electron chi connectivity index (χ2n) is 4.35. The van der Waals surface area contributed by atoms with Gasteiger partial charge in [-0.25, -0.2) is 0 Å². The molecule has 0 aliphatic heterocycles. The first kappa shape index (κ1) is 12.9. The Labute approximate surface area is 111 Å². The van der Waals surface area contributed by atoms with Gasteiger partial charge in [0.1, 0.15) is 0 Å². The molecule has 98 valence electrons. The summed E-state index contributed by atoms with van der Waals surface area (Å²) in [6.45, 7) is 0.645. The number of nitrogens with zero attached hydrogens (tertiary/aromatic N) is 2. The fraction of sp³-hybridized carbons (Fsp3) is 0.143. The third-order valence-corrected chi connectivity index (χ3v) is 2.87. The van der Waals surface area contributed by atoms with Crippen molar-refractivity contribution in [2.45, 2.75) is 6.54 Å². The summed E-state index contributed by atoms with van der Waals surface area (Å²) in [6.07, 6.45) is 3.47. The summed E-state index contributed by atoms with van der Waals surface area (Å²) in [6, 6.07) is 8.92. The Morgan fingerprint density at radius 1 is 1.26 bits per heavy atom. The van der Waals surface area contributed by atoms with E-state index in [1.165, 1.54) is 0 Å². The second-order valence-corrected chi connectivity index (χ2v) is 4.35. The van der Waals surface area contributed by atoms with Gasteiger partial charge < -0.3 is 16.4 Å². The van der Waals surface area contributed by atoms with E-state index in [4.69, 9.17) is 11.5 Å². The van der Waals surface area contributed by atoms with Gasteiger partial charge in [-0.2, -0.15) is 0 Å². The average molecular weight is 256 g/mol. The van der Waals surface area contributed by atoms with Crippen LogP contribution in [0, 0.1) is 0 Å². The van der Waals surface area contributed by atoms with Crippen molar-refractivity contribution in [2.75, 3.05) is 17.7 Å². The maximum atomic E-state index is 11.4. The Morgan fingerprint density at radius 3 is 2.58 bits per heavy atom. The lowest BCUT2D eigenvalue weighted by Crippen LogP contribution is -2.22. The number of nitrogens with two attached hydrogens (primary N) is 2. The lowest BCUT2D eigenvalue weighted by Gasteiger charge is -2.22. The van der Waals surface area contributed by atoms with Gasteiger partial charge >= 0.3 is 0 Å². The summed E-state index contributed by atoms with van der Waals surface area (Å²) >= 11 is 0. The highest BCUT2D eigenvalue weighted by atomic mass is 16.1. The van der Waals surface area contributed by atoms with Crippen LogP contribution in [-0.2, 0) is 6.54 Å². The number of nitrogen functional groups attached to an aromatic ring is 1. The third-order valence-electron chi connectivity index (χ3n) is 2.87. The number of primary amides is 1. The lowest BCUT2D eigenvalue weighted by atomic mass is 10.1. The predicted octanol–water partition coefficient (Wildman–Crippen LogP) is 1.40. The van der Waals surface area contributed by atoms with Crippen molar-refractivity contribution in [3.05, 3.63) is 53.9 Å². The molecule has 0 spiro atoms. The molecule has 4 N–H and O–H groups in total. The van der Waals surface area contributed by atoms with Gasteiger partial charge in [-0.3, -0.25) is 9.78 Å². The van der Waals surface area contributed by atoms with E-state index in [1.54, 1.807) is 30.6 Å². The molecule has 19 heavy (non-hydrogen) atoms. The minimum Gasteiger partial charge on any atom is -0.399 e. The number of rotatable bonds is 4. The molecule has 0 saturated carbocycles. The van der Waals surface area contributed by atoms with Crippen molar-refractivity contribution >= 4 is 17.3 Å². The van der Waals surface area contributed by atoms with E-state index in [9.17, 15) is 4.79 Å². The van der Waals surface area contributed by atoms with Crippen molar-refractivity contribution < 1.29 is 4.79 Å². The highest BCUT2D eigenvalue weighted by Gasteiger charge is 2.12. The summed E-state index contributed by atoms with van der Waals surface area (Å²) < 4.78 is 0. The quantitative estimate of drug-likeness (QED) is 0.810. The third kappa shape index (κ3) is 3.01. The van der Waals surface area contributed by atoms with Gasteiger partial charge in [0.15, 0.2) is 0 Å². The number of carbonyl (C=O) groups excluding carboxylic acids is 1. The van der Waals surface area contributed by atoms with Crippen LogP contribution >= 0.6 is 0 Å². The first-order chi connectivity index (χ1) is 9.08. The van der Waals surface area contributed by atoms with Crippen LogP contribution in [0.5, 0.6) is 0 Å². The Kier molecular flexibility index (Phi) is 3.66. The van der Waals surface area contributed by atoms with E-state index in [1.807, 2.05) is 24.1 Å². The number of hydrogen-bond donors (Lipinski definition) is 2. The molecule has 0 aliphatic carbocycles. The zero-order valence-corrected chi connectivity index (χ0v) is 10.7. The smallest absolute Gasteiger partial charge is 0.250 e. The fourth-order valence-electron chi connectivity index (χ4n) is 1.92. The van der Waals surface area contributed by atoms with E-state index < -0.39 is 5.91 Å². The topological polar surface area (TPSA) is 85.2 Å². The van der Waals surface area contributed by atoms with Crippen LogP contribution in [0.15, 0.2) is 42.7 Å². The number of carbonyl (C=O) groups is 1. The van der Waals surface area contributed by atoms with Gasteiger partial charge in [0.2, 0.25) is 0 Å². The molecule has 0 aliphatic rings. The normalized spacial score (nSPS) is 10.2. The molecule has 0 bridgehead atoms. The van der Waals surface area contributed by atoms with Crippen molar-refractivity contribution in [3.63, 3.8) is 0 Å². The van der Waals surface area contributed by atoms with Gasteiger partial charge in [-0.05, 0) is 35.9 Å². The van der Waals surface area contributed by atoms with E-state index >= 15 is 0 Å². The maximum absolute atomic E-state index is 11.4. The number of anilines is 2. The molecule has 0 unspecified atom stereocenters. The monoisotopic (exact) mass is 256 g/mol. The second kappa shape index (κ2) is 5.39. The van der Waals surface area contributed by atoms with Crippen LogP contribution in [0.1, 0.15) is 15.9 Å². The molecule has 1 aromatic carbocycles. The van der Waals surface area contributed by atoms with E-state index in [0.717, 1.165) is 11.3 Å². The number of pyridine rings is 1. The minimum atomic E-state index is -0.462. The van der Waals surface area contributed by atoms with Crippen LogP contribution < -0.4 is 16.4 Å². The highest BCUT2D eigenvalue weighted by Crippen LogP contribution is 2.23. The Morgan fingerprint density at radius 2 is 1.95 bits per heavy atom. The molecular weight excluding hydrogens is 240 g/mol. The van der Waals surface area contributed by atoms with Gasteiger partial charge in [0.05, 0.1) is 11.3 Å². The number of benzene rings is 1. The summed E-state index contributed by atoms with van der Waals surface area (Å²) in [5.41, 5.74) is 14.0. The molecule has 0 radical (unpaired) electrons. The molecular formula is C14H16N4O. The first-order valence-electron chi connectivity index (χ1n) is 5.87. The number of aromatic nitrogens is 1. The Hall–Kier alpha value is -2.56. The van der Waals surface area contributed by atoms with Crippen LogP contribution in [0.3, 0.4) is 0 Å². The molecule has 2 rings (SSSR count). The summed E-state index contributed by atoms with van der Waals surface area (Å²) in [4.78, 5) is 17.3. The van der Waals surface area contributed by atoms with E-state index in [-0.39, 0.29) is 0 Å². The molecule has 1 heterocycles. The maximum Gasteiger partial charge on any atom is 0.250 e. The molecule has 5 heteroatoms. The molecule has 0 saturated heterocycles. The number of amides is 1. The summed E-state index contributed by atoms with van der Waals surface area (Å²) in [5, 5.41) is 0. The summed E-state index contributed by atoms with van der Waals surface area (Å²) in [5.74, 6) is -0.462. The molecule has 0 fully saturated rings. The molecule has 0 atom stereocenters. The highest BCUT2D eigenvalue weighted by molar-refractivity contribution is 5.99. The SMILES string of the molecule is CN(Cc1ccncc1)c1cc(N)ccc1C(N)=O. The molecule has 1 amide bonds. The standard InChI is InChI=1S/C14H16N4O/c1-18(9-10-4-6-17-7-5-10)13-8-11(15)2-3-12(13)14(16)19/h2-8H,9,15H2,1H3,(H2,16,19). The van der Waals surface area contributed by atoms with Crippen molar-refractivity contribution in [3.8, 4) is 0 Å². The molecule has 1 aromatic heterocycles. The van der Waals surface area contributed by atoms with Gasteiger partial charge in [0.25, 0.3) is 5.91 Å². The van der Waals surface area contributed by atoms with Crippen molar-refractivity contribution in [1.29, 1.82) is 0 Å². The zero-order chi connectivity index (χ0) is 13.8. The van der Waals surface area contributed by atoms with Gasteiger partial charge in [-0.15, -0.1) is 0 Å². The fourth-order valence-corrected chi connectivity index (χ4v) is 1.92. The molecule has 2 aromatic rings. The zero-order valence-electron chi connectivity index (χ0n) is 10.7. The average Bonchev–Trinajstić information content (AvgIpc) is 2.39. The first-order valence-corrected chi connectivity index (χ1v) is 5.87. The predicted molar refractivity (Wildman–Crippen MR) is 75.7 cm³/mol. The van der Waals surface area contributed by atoms with Crippen LogP contribution in [0.2, 0.25) is 0 Å². The Bertz CT molecular complexity index is 583. The van der Waals surface area contributed by atoms with Gasteiger partial charge in [-0.1, -0.05) is 0 Å². The Balaban J connectivity index is 2.30. The van der Waals surface area contributed by atoms with Gasteiger partial charge in [0, 0.05) is 31.7 Å². The van der Waals surface area contributed by atoms with E-state index in [0.29, 0.717) is 17.8 Å². The van der Waals surface area contributed by atoms with E-state index in [2.05, 4.69) is 4.98 Å². The van der Waals surface area contributed by atoms with Crippen LogP contribution in [0.4, 0.5) is 11.4 Å². The molecule has 5 nitrogen and oxygen atoms in total. The van der Waals surface area contributed by atoms with Crippen LogP contribution in [-0.4, -0.2) is 17.9 Å². The lowest BCUT2D eigenvalue weighted by molar-refractivity contribution is 0.100.